The summed E-state index contributed by atoms with van der Waals surface area (Å²) < 4.78 is 2.38. The first-order chi connectivity index (χ1) is 20.2. The summed E-state index contributed by atoms with van der Waals surface area (Å²) in [6.45, 7) is 6.28. The Balaban J connectivity index is 1.46. The number of nitrogens with zero attached hydrogens (tertiary/aromatic N) is 1. The number of aromatic amines is 1. The Labute approximate surface area is 238 Å². The van der Waals surface area contributed by atoms with Crippen LogP contribution in [0.2, 0.25) is 0 Å². The molecule has 0 aliphatic heterocycles. The third-order valence-electron chi connectivity index (χ3n) is 8.40. The van der Waals surface area contributed by atoms with Gasteiger partial charge in [0, 0.05) is 38.3 Å². The molecule has 0 unspecified atom stereocenters. The second-order valence-electron chi connectivity index (χ2n) is 10.7. The van der Waals surface area contributed by atoms with Crippen LogP contribution in [0.4, 0.5) is 0 Å². The van der Waals surface area contributed by atoms with E-state index in [4.69, 9.17) is 0 Å². The maximum Gasteiger partial charge on any atom is 0.0547 e. The molecule has 0 aliphatic carbocycles. The molecule has 2 nitrogen and oxygen atoms in total. The Bertz CT molecular complexity index is 2340. The van der Waals surface area contributed by atoms with Crippen LogP contribution in [0.5, 0.6) is 0 Å². The second kappa shape index (κ2) is 9.11. The van der Waals surface area contributed by atoms with Crippen molar-refractivity contribution in [3.05, 3.63) is 139 Å². The van der Waals surface area contributed by atoms with E-state index in [-0.39, 0.29) is 0 Å². The Hall–Kier alpha value is -5.34. The summed E-state index contributed by atoms with van der Waals surface area (Å²) >= 11 is 0. The van der Waals surface area contributed by atoms with Gasteiger partial charge < -0.3 is 9.55 Å². The molecule has 8 aromatic rings. The smallest absolute Gasteiger partial charge is 0.0547 e. The highest BCUT2D eigenvalue weighted by atomic mass is 15.0. The lowest BCUT2D eigenvalue weighted by atomic mass is 9.94. The zero-order valence-corrected chi connectivity index (χ0v) is 22.9. The number of hydrogen-bond acceptors (Lipinski definition) is 0. The van der Waals surface area contributed by atoms with Crippen LogP contribution < -0.4 is 0 Å². The molecule has 2 heteroatoms. The standard InChI is InChI=1S/C39H28N2/c1-3-11-37-29(4-2)32-21-19-27(23-38(32)41(37)28-20-18-25-12-5-6-13-26(25)22-28)34-24-35-31-15-9-10-17-36(31)40-39(35)33-16-8-7-14-30(33)34/h3-24,40H,2H2,1H3/b11-3-. The van der Waals surface area contributed by atoms with Gasteiger partial charge in [0.1, 0.15) is 0 Å². The molecular formula is C39H28N2. The van der Waals surface area contributed by atoms with E-state index in [0.717, 1.165) is 22.5 Å². The number of para-hydroxylation sites is 1. The van der Waals surface area contributed by atoms with Crippen LogP contribution in [0.25, 0.3) is 83.2 Å². The molecule has 0 amide bonds. The van der Waals surface area contributed by atoms with E-state index in [0.29, 0.717) is 0 Å². The quantitative estimate of drug-likeness (QED) is 0.236. The topological polar surface area (TPSA) is 20.7 Å². The molecule has 2 heterocycles. The van der Waals surface area contributed by atoms with Crippen molar-refractivity contribution in [2.24, 2.45) is 0 Å². The summed E-state index contributed by atoms with van der Waals surface area (Å²) in [5.74, 6) is 0. The fourth-order valence-corrected chi connectivity index (χ4v) is 6.55. The molecule has 2 aromatic heterocycles. The van der Waals surface area contributed by atoms with Crippen LogP contribution in [-0.2, 0) is 0 Å². The predicted octanol–water partition coefficient (Wildman–Crippen LogP) is 10.9. The van der Waals surface area contributed by atoms with Crippen molar-refractivity contribution in [1.29, 1.82) is 0 Å². The SMILES string of the molecule is C=Cc1c(/C=C\C)n(-c2ccc3ccccc3c2)c2cc(-c3cc4c5ccccc5[nH]c4c4ccccc34)ccc12. The largest absolute Gasteiger partial charge is 0.354 e. The lowest BCUT2D eigenvalue weighted by Crippen LogP contribution is -1.97. The second-order valence-corrected chi connectivity index (χ2v) is 10.7. The summed E-state index contributed by atoms with van der Waals surface area (Å²) in [5, 5.41) is 8.64. The minimum absolute atomic E-state index is 1.14. The van der Waals surface area contributed by atoms with Crippen LogP contribution in [0.3, 0.4) is 0 Å². The lowest BCUT2D eigenvalue weighted by Gasteiger charge is -2.13. The Morgan fingerprint density at radius 2 is 1.41 bits per heavy atom. The first-order valence-electron chi connectivity index (χ1n) is 14.1. The third-order valence-corrected chi connectivity index (χ3v) is 8.40. The van der Waals surface area contributed by atoms with Crippen molar-refractivity contribution < 1.29 is 0 Å². The van der Waals surface area contributed by atoms with Gasteiger partial charge in [-0.1, -0.05) is 104 Å². The first-order valence-corrected chi connectivity index (χ1v) is 14.1. The zero-order valence-electron chi connectivity index (χ0n) is 22.9. The van der Waals surface area contributed by atoms with Gasteiger partial charge in [-0.2, -0.15) is 0 Å². The molecular weight excluding hydrogens is 496 g/mol. The van der Waals surface area contributed by atoms with Crippen molar-refractivity contribution in [1.82, 2.24) is 9.55 Å². The highest BCUT2D eigenvalue weighted by Gasteiger charge is 2.18. The highest BCUT2D eigenvalue weighted by Crippen LogP contribution is 2.40. The fraction of sp³-hybridized carbons (Fsp3) is 0.0256. The van der Waals surface area contributed by atoms with Crippen molar-refractivity contribution in [2.75, 3.05) is 0 Å². The average Bonchev–Trinajstić information content (AvgIpc) is 3.55. The van der Waals surface area contributed by atoms with E-state index in [1.54, 1.807) is 0 Å². The zero-order chi connectivity index (χ0) is 27.5. The van der Waals surface area contributed by atoms with E-state index in [2.05, 4.69) is 150 Å². The summed E-state index contributed by atoms with van der Waals surface area (Å²) in [4.78, 5) is 3.68. The molecule has 1 N–H and O–H groups in total. The maximum atomic E-state index is 4.21. The van der Waals surface area contributed by atoms with Crippen molar-refractivity contribution >= 4 is 66.4 Å². The molecule has 0 atom stereocenters. The van der Waals surface area contributed by atoms with Crippen molar-refractivity contribution in [2.45, 2.75) is 6.92 Å². The van der Waals surface area contributed by atoms with Gasteiger partial charge in [0.15, 0.2) is 0 Å². The van der Waals surface area contributed by atoms with E-state index in [1.165, 1.54) is 59.9 Å². The number of rotatable bonds is 4. The minimum atomic E-state index is 1.14. The minimum Gasteiger partial charge on any atom is -0.354 e. The van der Waals surface area contributed by atoms with Gasteiger partial charge in [-0.15, -0.1) is 0 Å². The molecule has 6 aromatic carbocycles. The van der Waals surface area contributed by atoms with Gasteiger partial charge in [-0.25, -0.2) is 0 Å². The van der Waals surface area contributed by atoms with Crippen LogP contribution in [0, 0.1) is 0 Å². The normalized spacial score (nSPS) is 12.0. The molecule has 0 saturated heterocycles. The number of nitrogens with one attached hydrogen (secondary N) is 1. The Kier molecular flexibility index (Phi) is 5.23. The number of fused-ring (bicyclic) bond motifs is 7. The maximum absolute atomic E-state index is 4.21. The Morgan fingerprint density at radius 1 is 0.659 bits per heavy atom. The molecule has 194 valence electrons. The molecule has 41 heavy (non-hydrogen) atoms. The molecule has 0 fully saturated rings. The summed E-state index contributed by atoms with van der Waals surface area (Å²) in [6, 6.07) is 41.8. The summed E-state index contributed by atoms with van der Waals surface area (Å²) in [5.41, 5.74) is 9.39. The van der Waals surface area contributed by atoms with Gasteiger partial charge in [0.05, 0.1) is 16.7 Å². The number of H-pyrrole nitrogens is 1. The molecule has 8 rings (SSSR count). The summed E-state index contributed by atoms with van der Waals surface area (Å²) in [7, 11) is 0. The van der Waals surface area contributed by atoms with Crippen LogP contribution in [0.15, 0.2) is 128 Å². The van der Waals surface area contributed by atoms with Crippen LogP contribution in [0.1, 0.15) is 18.2 Å². The fourth-order valence-electron chi connectivity index (χ4n) is 6.55. The molecule has 0 saturated carbocycles. The lowest BCUT2D eigenvalue weighted by molar-refractivity contribution is 1.11. The number of allylic oxidation sites excluding steroid dienone is 1. The monoisotopic (exact) mass is 524 g/mol. The van der Waals surface area contributed by atoms with Crippen LogP contribution >= 0.6 is 0 Å². The molecule has 0 aliphatic rings. The summed E-state index contributed by atoms with van der Waals surface area (Å²) in [6.07, 6.45) is 6.29. The van der Waals surface area contributed by atoms with Crippen molar-refractivity contribution in [3.63, 3.8) is 0 Å². The highest BCUT2D eigenvalue weighted by molar-refractivity contribution is 6.21. The van der Waals surface area contributed by atoms with Crippen molar-refractivity contribution in [3.8, 4) is 16.8 Å². The molecule has 0 spiro atoms. The van der Waals surface area contributed by atoms with Gasteiger partial charge in [0.2, 0.25) is 0 Å². The van der Waals surface area contributed by atoms with Gasteiger partial charge in [0.25, 0.3) is 0 Å². The average molecular weight is 525 g/mol. The van der Waals surface area contributed by atoms with Gasteiger partial charge >= 0.3 is 0 Å². The molecule has 0 bridgehead atoms. The van der Waals surface area contributed by atoms with Gasteiger partial charge in [-0.3, -0.25) is 0 Å². The Morgan fingerprint density at radius 3 is 2.24 bits per heavy atom. The third kappa shape index (κ3) is 3.51. The van der Waals surface area contributed by atoms with E-state index in [9.17, 15) is 0 Å². The number of hydrogen-bond donors (Lipinski definition) is 1. The van der Waals surface area contributed by atoms with E-state index < -0.39 is 0 Å². The molecule has 0 radical (unpaired) electrons. The number of aromatic nitrogens is 2. The number of benzene rings is 6. The predicted molar refractivity (Wildman–Crippen MR) is 178 cm³/mol. The van der Waals surface area contributed by atoms with Crippen LogP contribution in [-0.4, -0.2) is 9.55 Å². The van der Waals surface area contributed by atoms with E-state index >= 15 is 0 Å². The van der Waals surface area contributed by atoms with Gasteiger partial charge in [-0.05, 0) is 70.6 Å². The first kappa shape index (κ1) is 23.5. The van der Waals surface area contributed by atoms with E-state index in [1.807, 2.05) is 6.08 Å².